The van der Waals surface area contributed by atoms with Crippen LogP contribution in [-0.4, -0.2) is 49.3 Å². The van der Waals surface area contributed by atoms with Gasteiger partial charge in [-0.1, -0.05) is 42.1 Å². The highest BCUT2D eigenvalue weighted by Gasteiger charge is 2.21. The molecule has 0 saturated heterocycles. The molecule has 0 aromatic carbocycles. The molecule has 0 spiro atoms. The first-order chi connectivity index (χ1) is 8.09. The molecule has 0 radical (unpaired) electrons. The first kappa shape index (κ1) is 15.4. The number of hydrogen-bond donors (Lipinski definition) is 0. The van der Waals surface area contributed by atoms with Crippen molar-refractivity contribution in [3.8, 4) is 0 Å². The molecule has 0 aliphatic heterocycles. The molecule has 0 atom stereocenters. The Balaban J connectivity index is 2.47. The van der Waals surface area contributed by atoms with E-state index in [1.807, 2.05) is 0 Å². The minimum absolute atomic E-state index is 0.264. The Bertz CT molecular complexity index is 300. The van der Waals surface area contributed by atoms with Gasteiger partial charge in [0.05, 0.1) is 5.75 Å². The van der Waals surface area contributed by atoms with Crippen LogP contribution in [0.3, 0.4) is 0 Å². The molecule has 1 fully saturated rings. The van der Waals surface area contributed by atoms with Crippen molar-refractivity contribution in [3.63, 3.8) is 0 Å². The van der Waals surface area contributed by atoms with E-state index in [0.717, 1.165) is 11.9 Å². The summed E-state index contributed by atoms with van der Waals surface area (Å²) in [5.74, 6) is 0.576. The summed E-state index contributed by atoms with van der Waals surface area (Å²) in [6, 6.07) is 0.605. The molecular weight excluding hydrogens is 302 g/mol. The van der Waals surface area contributed by atoms with Crippen LogP contribution in [0.25, 0.3) is 0 Å². The minimum Gasteiger partial charge on any atom is -0.299 e. The molecule has 1 saturated carbocycles. The van der Waals surface area contributed by atoms with Crippen LogP contribution in [0.1, 0.15) is 39.0 Å². The Morgan fingerprint density at radius 2 is 1.82 bits per heavy atom. The molecule has 1 rings (SSSR count). The van der Waals surface area contributed by atoms with Crippen LogP contribution in [0.5, 0.6) is 0 Å². The van der Waals surface area contributed by atoms with Crippen molar-refractivity contribution in [1.82, 2.24) is 4.90 Å². The van der Waals surface area contributed by atoms with E-state index in [9.17, 15) is 8.42 Å². The van der Waals surface area contributed by atoms with Gasteiger partial charge in [0, 0.05) is 30.2 Å². The predicted octanol–water partition coefficient (Wildman–Crippen LogP) is 2.45. The molecule has 0 N–H and O–H groups in total. The normalized spacial score (nSPS) is 18.8. The van der Waals surface area contributed by atoms with Gasteiger partial charge in [0.2, 0.25) is 0 Å². The van der Waals surface area contributed by atoms with E-state index >= 15 is 0 Å². The first-order valence-corrected chi connectivity index (χ1v) is 9.54. The second kappa shape index (κ2) is 7.74. The van der Waals surface area contributed by atoms with Gasteiger partial charge in [-0.3, -0.25) is 4.90 Å². The van der Waals surface area contributed by atoms with Gasteiger partial charge in [-0.2, -0.15) is 0 Å². The summed E-state index contributed by atoms with van der Waals surface area (Å²) in [6.45, 7) is 3.39. The molecular formula is C12H24BrNO2S. The summed E-state index contributed by atoms with van der Waals surface area (Å²) in [7, 11) is -2.83. The summed E-state index contributed by atoms with van der Waals surface area (Å²) in [4.78, 5) is 2.36. The Morgan fingerprint density at radius 3 is 2.35 bits per heavy atom. The third kappa shape index (κ3) is 5.71. The van der Waals surface area contributed by atoms with E-state index in [0.29, 0.717) is 18.3 Å². The summed E-state index contributed by atoms with van der Waals surface area (Å²) in [6.07, 6.45) is 6.40. The average Bonchev–Trinajstić information content (AvgIpc) is 2.35. The SMILES string of the molecule is CCS(=O)(=O)CCN(CCBr)C1CCCCC1. The number of sulfone groups is 1. The van der Waals surface area contributed by atoms with E-state index in [4.69, 9.17) is 0 Å². The Morgan fingerprint density at radius 1 is 1.18 bits per heavy atom. The molecule has 0 unspecified atom stereocenters. The zero-order chi connectivity index (χ0) is 12.7. The molecule has 17 heavy (non-hydrogen) atoms. The molecule has 0 aromatic rings. The van der Waals surface area contributed by atoms with Gasteiger partial charge >= 0.3 is 0 Å². The fraction of sp³-hybridized carbons (Fsp3) is 1.00. The van der Waals surface area contributed by atoms with Crippen molar-refractivity contribution in [2.75, 3.05) is 29.9 Å². The molecule has 1 aliphatic rings. The monoisotopic (exact) mass is 325 g/mol. The Labute approximate surface area is 114 Å². The standard InChI is InChI=1S/C12H24BrNO2S/c1-2-17(15,16)11-10-14(9-8-13)12-6-4-3-5-7-12/h12H,2-11H2,1H3. The van der Waals surface area contributed by atoms with E-state index in [2.05, 4.69) is 20.8 Å². The third-order valence-electron chi connectivity index (χ3n) is 3.59. The molecule has 0 aromatic heterocycles. The summed E-state index contributed by atoms with van der Waals surface area (Å²) in [5, 5.41) is 0.926. The van der Waals surface area contributed by atoms with Gasteiger partial charge in [0.25, 0.3) is 0 Å². The lowest BCUT2D eigenvalue weighted by Gasteiger charge is -2.33. The molecule has 0 heterocycles. The number of halogens is 1. The first-order valence-electron chi connectivity index (χ1n) is 6.59. The maximum Gasteiger partial charge on any atom is 0.151 e. The fourth-order valence-corrected chi connectivity index (χ4v) is 3.69. The lowest BCUT2D eigenvalue weighted by atomic mass is 9.94. The number of rotatable bonds is 7. The van der Waals surface area contributed by atoms with Crippen molar-refractivity contribution in [1.29, 1.82) is 0 Å². The van der Waals surface area contributed by atoms with E-state index in [-0.39, 0.29) is 5.75 Å². The van der Waals surface area contributed by atoms with Crippen LogP contribution in [-0.2, 0) is 9.84 Å². The molecule has 0 amide bonds. The van der Waals surface area contributed by atoms with Crippen molar-refractivity contribution < 1.29 is 8.42 Å². The Kier molecular flexibility index (Phi) is 7.04. The van der Waals surface area contributed by atoms with Crippen molar-refractivity contribution in [3.05, 3.63) is 0 Å². The van der Waals surface area contributed by atoms with Gasteiger partial charge in [-0.05, 0) is 12.8 Å². The Hall–Kier alpha value is 0.390. The van der Waals surface area contributed by atoms with Gasteiger partial charge in [-0.25, -0.2) is 8.42 Å². The van der Waals surface area contributed by atoms with Crippen molar-refractivity contribution >= 4 is 25.8 Å². The van der Waals surface area contributed by atoms with Crippen LogP contribution in [0.15, 0.2) is 0 Å². The quantitative estimate of drug-likeness (QED) is 0.675. The zero-order valence-electron chi connectivity index (χ0n) is 10.7. The predicted molar refractivity (Wildman–Crippen MR) is 76.6 cm³/mol. The van der Waals surface area contributed by atoms with Crippen LogP contribution in [0.2, 0.25) is 0 Å². The highest BCUT2D eigenvalue weighted by molar-refractivity contribution is 9.09. The van der Waals surface area contributed by atoms with Gasteiger partial charge in [0.1, 0.15) is 0 Å². The maximum atomic E-state index is 11.6. The summed E-state index contributed by atoms with van der Waals surface area (Å²) in [5.41, 5.74) is 0. The van der Waals surface area contributed by atoms with Crippen molar-refractivity contribution in [2.45, 2.75) is 45.1 Å². The number of hydrogen-bond acceptors (Lipinski definition) is 3. The smallest absolute Gasteiger partial charge is 0.151 e. The topological polar surface area (TPSA) is 37.4 Å². The number of alkyl halides is 1. The highest BCUT2D eigenvalue weighted by atomic mass is 79.9. The fourth-order valence-electron chi connectivity index (χ4n) is 2.43. The average molecular weight is 326 g/mol. The molecule has 102 valence electrons. The maximum absolute atomic E-state index is 11.6. The second-order valence-electron chi connectivity index (χ2n) is 4.75. The third-order valence-corrected chi connectivity index (χ3v) is 5.63. The van der Waals surface area contributed by atoms with Crippen molar-refractivity contribution in [2.24, 2.45) is 0 Å². The molecule has 3 nitrogen and oxygen atoms in total. The lowest BCUT2D eigenvalue weighted by Crippen LogP contribution is -2.41. The summed E-state index contributed by atoms with van der Waals surface area (Å²) < 4.78 is 23.1. The minimum atomic E-state index is -2.83. The van der Waals surface area contributed by atoms with Crippen LogP contribution >= 0.6 is 15.9 Å². The van der Waals surface area contributed by atoms with E-state index < -0.39 is 9.84 Å². The van der Waals surface area contributed by atoms with Gasteiger partial charge in [0.15, 0.2) is 9.84 Å². The van der Waals surface area contributed by atoms with Gasteiger partial charge < -0.3 is 0 Å². The highest BCUT2D eigenvalue weighted by Crippen LogP contribution is 2.22. The van der Waals surface area contributed by atoms with Crippen LogP contribution < -0.4 is 0 Å². The molecule has 1 aliphatic carbocycles. The number of nitrogens with zero attached hydrogens (tertiary/aromatic N) is 1. The second-order valence-corrected chi connectivity index (χ2v) is 8.02. The van der Waals surface area contributed by atoms with Crippen LogP contribution in [0.4, 0.5) is 0 Å². The van der Waals surface area contributed by atoms with Gasteiger partial charge in [-0.15, -0.1) is 0 Å². The van der Waals surface area contributed by atoms with Crippen LogP contribution in [0, 0.1) is 0 Å². The molecule has 5 heteroatoms. The van der Waals surface area contributed by atoms with E-state index in [1.54, 1.807) is 6.92 Å². The van der Waals surface area contributed by atoms with E-state index in [1.165, 1.54) is 32.1 Å². The lowest BCUT2D eigenvalue weighted by molar-refractivity contribution is 0.174. The summed E-state index contributed by atoms with van der Waals surface area (Å²) >= 11 is 3.46. The largest absolute Gasteiger partial charge is 0.299 e. The molecule has 0 bridgehead atoms. The zero-order valence-corrected chi connectivity index (χ0v) is 13.1.